The van der Waals surface area contributed by atoms with Crippen molar-refractivity contribution in [2.45, 2.75) is 19.6 Å². The predicted molar refractivity (Wildman–Crippen MR) is 121 cm³/mol. The van der Waals surface area contributed by atoms with E-state index in [0.29, 0.717) is 6.54 Å². The van der Waals surface area contributed by atoms with E-state index in [9.17, 15) is 0 Å². The van der Waals surface area contributed by atoms with Crippen molar-refractivity contribution >= 4 is 29.9 Å². The number of aromatic nitrogens is 2. The first kappa shape index (κ1) is 21.0. The van der Waals surface area contributed by atoms with E-state index >= 15 is 0 Å². The van der Waals surface area contributed by atoms with E-state index in [1.54, 1.807) is 6.20 Å². The Kier molecular flexibility index (Phi) is 8.32. The molecular weight excluding hydrogens is 449 g/mol. The van der Waals surface area contributed by atoms with Gasteiger partial charge < -0.3 is 14.8 Å². The minimum Gasteiger partial charge on any atom is -0.352 e. The van der Waals surface area contributed by atoms with E-state index in [2.05, 4.69) is 51.3 Å². The Hall–Kier alpha value is -2.35. The minimum atomic E-state index is 0. The number of benzene rings is 2. The summed E-state index contributed by atoms with van der Waals surface area (Å²) in [7, 11) is 4.01. The second-order valence-electron chi connectivity index (χ2n) is 6.42. The molecule has 1 N–H and O–H groups in total. The molecule has 3 aromatic rings. The van der Waals surface area contributed by atoms with Gasteiger partial charge in [-0.25, -0.2) is 9.98 Å². The summed E-state index contributed by atoms with van der Waals surface area (Å²) >= 11 is 0. The van der Waals surface area contributed by atoms with Crippen molar-refractivity contribution in [3.8, 4) is 0 Å². The molecule has 0 bridgehead atoms. The second kappa shape index (κ2) is 10.7. The van der Waals surface area contributed by atoms with Crippen LogP contribution in [0.4, 0.5) is 0 Å². The van der Waals surface area contributed by atoms with Crippen LogP contribution in [-0.2, 0) is 19.6 Å². The van der Waals surface area contributed by atoms with Gasteiger partial charge in [0.2, 0.25) is 0 Å². The van der Waals surface area contributed by atoms with E-state index in [-0.39, 0.29) is 24.0 Å². The molecule has 0 radical (unpaired) electrons. The number of halogens is 1. The molecule has 0 amide bonds. The molecule has 0 spiro atoms. The summed E-state index contributed by atoms with van der Waals surface area (Å²) in [6.07, 6.45) is 5.61. The van der Waals surface area contributed by atoms with E-state index in [4.69, 9.17) is 4.99 Å². The maximum atomic E-state index is 4.70. The molecule has 2 aromatic carbocycles. The molecule has 0 aliphatic carbocycles. The maximum absolute atomic E-state index is 4.70. The molecule has 142 valence electrons. The third kappa shape index (κ3) is 6.71. The van der Waals surface area contributed by atoms with E-state index in [1.807, 2.05) is 49.7 Å². The predicted octanol–water partition coefficient (Wildman–Crippen LogP) is 3.76. The highest BCUT2D eigenvalue weighted by Gasteiger charge is 2.03. The van der Waals surface area contributed by atoms with Gasteiger partial charge in [-0.15, -0.1) is 24.0 Å². The van der Waals surface area contributed by atoms with Gasteiger partial charge >= 0.3 is 0 Å². The number of hydrogen-bond donors (Lipinski definition) is 1. The van der Waals surface area contributed by atoms with Crippen molar-refractivity contribution in [3.05, 3.63) is 90.0 Å². The van der Waals surface area contributed by atoms with Crippen molar-refractivity contribution in [2.24, 2.45) is 4.99 Å². The lowest BCUT2D eigenvalue weighted by atomic mass is 10.1. The Bertz CT molecular complexity index is 812. The largest absolute Gasteiger partial charge is 0.352 e. The van der Waals surface area contributed by atoms with Crippen LogP contribution >= 0.6 is 24.0 Å². The van der Waals surface area contributed by atoms with Crippen LogP contribution in [0.1, 0.15) is 16.7 Å². The van der Waals surface area contributed by atoms with Crippen LogP contribution in [0.15, 0.2) is 78.3 Å². The minimum absolute atomic E-state index is 0. The van der Waals surface area contributed by atoms with Gasteiger partial charge in [0, 0.05) is 39.6 Å². The van der Waals surface area contributed by atoms with Crippen LogP contribution in [0.25, 0.3) is 0 Å². The van der Waals surface area contributed by atoms with Gasteiger partial charge in [0.15, 0.2) is 5.96 Å². The lowest BCUT2D eigenvalue weighted by Gasteiger charge is -2.18. The molecule has 5 nitrogen and oxygen atoms in total. The average Bonchev–Trinajstić information content (AvgIpc) is 3.16. The fraction of sp³-hybridized carbons (Fsp3) is 0.238. The van der Waals surface area contributed by atoms with Crippen LogP contribution < -0.4 is 5.32 Å². The summed E-state index contributed by atoms with van der Waals surface area (Å²) in [5.74, 6) is 0.886. The van der Waals surface area contributed by atoms with Crippen LogP contribution in [0.2, 0.25) is 0 Å². The standard InChI is InChI=1S/C21H25N5.HI/c1-25(2)21(23-14-18-6-4-3-5-7-18)24-15-19-8-10-20(11-9-19)16-26-13-12-22-17-26;/h3-13,17H,14-16H2,1-2H3,(H,23,24);1H. The zero-order valence-corrected chi connectivity index (χ0v) is 18.1. The highest BCUT2D eigenvalue weighted by molar-refractivity contribution is 14.0. The number of aliphatic imine (C=N–C) groups is 1. The summed E-state index contributed by atoms with van der Waals surface area (Å²) in [6, 6.07) is 18.9. The van der Waals surface area contributed by atoms with Crippen LogP contribution in [0.5, 0.6) is 0 Å². The molecule has 0 fully saturated rings. The van der Waals surface area contributed by atoms with Crippen LogP contribution in [-0.4, -0.2) is 34.5 Å². The second-order valence-corrected chi connectivity index (χ2v) is 6.42. The fourth-order valence-corrected chi connectivity index (χ4v) is 2.64. The lowest BCUT2D eigenvalue weighted by Crippen LogP contribution is -2.36. The lowest BCUT2D eigenvalue weighted by molar-refractivity contribution is 0.578. The topological polar surface area (TPSA) is 45.5 Å². The number of nitrogens with one attached hydrogen (secondary N) is 1. The monoisotopic (exact) mass is 475 g/mol. The van der Waals surface area contributed by atoms with Crippen molar-refractivity contribution < 1.29 is 0 Å². The van der Waals surface area contributed by atoms with Crippen LogP contribution in [0, 0.1) is 0 Å². The van der Waals surface area contributed by atoms with Crippen molar-refractivity contribution in [1.82, 2.24) is 19.8 Å². The summed E-state index contributed by atoms with van der Waals surface area (Å²) in [6.45, 7) is 2.26. The van der Waals surface area contributed by atoms with Gasteiger partial charge in [-0.3, -0.25) is 0 Å². The summed E-state index contributed by atoms with van der Waals surface area (Å²) in [5.41, 5.74) is 3.70. The van der Waals surface area contributed by atoms with E-state index in [0.717, 1.165) is 19.0 Å². The number of nitrogens with zero attached hydrogens (tertiary/aromatic N) is 4. The van der Waals surface area contributed by atoms with Gasteiger partial charge in [-0.05, 0) is 16.7 Å². The number of imidazole rings is 1. The summed E-state index contributed by atoms with van der Waals surface area (Å²) < 4.78 is 2.06. The summed E-state index contributed by atoms with van der Waals surface area (Å²) in [4.78, 5) is 10.8. The third-order valence-electron chi connectivity index (χ3n) is 4.08. The molecule has 0 aliphatic rings. The van der Waals surface area contributed by atoms with Crippen molar-refractivity contribution in [1.29, 1.82) is 0 Å². The molecular formula is C21H26IN5. The fourth-order valence-electron chi connectivity index (χ4n) is 2.64. The Labute approximate surface area is 178 Å². The average molecular weight is 475 g/mol. The molecule has 0 aliphatic heterocycles. The third-order valence-corrected chi connectivity index (χ3v) is 4.08. The number of rotatable bonds is 6. The first-order valence-corrected chi connectivity index (χ1v) is 8.74. The van der Waals surface area contributed by atoms with Crippen molar-refractivity contribution in [2.75, 3.05) is 14.1 Å². The first-order chi connectivity index (χ1) is 12.7. The normalized spacial score (nSPS) is 11.0. The van der Waals surface area contributed by atoms with Gasteiger partial charge in [-0.2, -0.15) is 0 Å². The Morgan fingerprint density at radius 3 is 2.33 bits per heavy atom. The molecule has 1 heterocycles. The van der Waals surface area contributed by atoms with Crippen molar-refractivity contribution in [3.63, 3.8) is 0 Å². The van der Waals surface area contributed by atoms with Gasteiger partial charge in [0.1, 0.15) is 0 Å². The highest BCUT2D eigenvalue weighted by Crippen LogP contribution is 2.07. The molecule has 0 atom stereocenters. The zero-order valence-electron chi connectivity index (χ0n) is 15.7. The molecule has 0 saturated heterocycles. The number of guanidine groups is 1. The molecule has 27 heavy (non-hydrogen) atoms. The molecule has 6 heteroatoms. The smallest absolute Gasteiger partial charge is 0.194 e. The molecule has 0 unspecified atom stereocenters. The van der Waals surface area contributed by atoms with Crippen LogP contribution in [0.3, 0.4) is 0 Å². The quantitative estimate of drug-likeness (QED) is 0.336. The Morgan fingerprint density at radius 2 is 1.70 bits per heavy atom. The SMILES string of the molecule is CN(C)C(=NCc1ccccc1)NCc1ccc(Cn2ccnc2)cc1.I. The zero-order chi connectivity index (χ0) is 18.2. The van der Waals surface area contributed by atoms with E-state index < -0.39 is 0 Å². The van der Waals surface area contributed by atoms with Gasteiger partial charge in [0.05, 0.1) is 12.9 Å². The Balaban J connectivity index is 0.00000261. The Morgan fingerprint density at radius 1 is 1.00 bits per heavy atom. The number of hydrogen-bond acceptors (Lipinski definition) is 2. The molecule has 0 saturated carbocycles. The molecule has 1 aromatic heterocycles. The molecule has 3 rings (SSSR count). The van der Waals surface area contributed by atoms with Gasteiger partial charge in [-0.1, -0.05) is 54.6 Å². The summed E-state index contributed by atoms with van der Waals surface area (Å²) in [5, 5.41) is 3.43. The first-order valence-electron chi connectivity index (χ1n) is 8.74. The maximum Gasteiger partial charge on any atom is 0.194 e. The van der Waals surface area contributed by atoms with E-state index in [1.165, 1.54) is 16.7 Å². The van der Waals surface area contributed by atoms with Gasteiger partial charge in [0.25, 0.3) is 0 Å². The highest BCUT2D eigenvalue weighted by atomic mass is 127.